The zero-order valence-corrected chi connectivity index (χ0v) is 20.1. The fourth-order valence-corrected chi connectivity index (χ4v) is 6.83. The van der Waals surface area contributed by atoms with Gasteiger partial charge in [0.15, 0.2) is 4.80 Å². The number of amides is 1. The van der Waals surface area contributed by atoms with Gasteiger partial charge in [-0.15, -0.1) is 0 Å². The van der Waals surface area contributed by atoms with Crippen molar-refractivity contribution in [1.82, 2.24) is 8.87 Å². The summed E-state index contributed by atoms with van der Waals surface area (Å²) in [5.74, 6) is -0.441. The lowest BCUT2D eigenvalue weighted by Crippen LogP contribution is -2.35. The first-order chi connectivity index (χ1) is 15.8. The number of benzene rings is 3. The molecule has 9 heteroatoms. The van der Waals surface area contributed by atoms with Gasteiger partial charge in [0.2, 0.25) is 10.0 Å². The van der Waals surface area contributed by atoms with Crippen molar-refractivity contribution in [2.45, 2.75) is 17.9 Å². The first kappa shape index (κ1) is 22.0. The van der Waals surface area contributed by atoms with E-state index in [1.807, 2.05) is 43.4 Å². The van der Waals surface area contributed by atoms with Gasteiger partial charge in [0.25, 0.3) is 5.91 Å². The predicted octanol–water partition coefficient (Wildman–Crippen LogP) is 4.38. The summed E-state index contributed by atoms with van der Waals surface area (Å²) >= 11 is 7.65. The second-order valence-electron chi connectivity index (χ2n) is 7.83. The number of sulfonamides is 1. The van der Waals surface area contributed by atoms with Crippen molar-refractivity contribution in [3.05, 3.63) is 93.2 Å². The normalized spacial score (nSPS) is 15.0. The van der Waals surface area contributed by atoms with Gasteiger partial charge in [0.1, 0.15) is 0 Å². The smallest absolute Gasteiger partial charge is 0.279 e. The number of hydrogen-bond acceptors (Lipinski definition) is 4. The number of carbonyl (C=O) groups is 1. The summed E-state index contributed by atoms with van der Waals surface area (Å²) < 4.78 is 30.5. The number of halogens is 1. The molecule has 5 rings (SSSR count). The monoisotopic (exact) mass is 497 g/mol. The van der Waals surface area contributed by atoms with Gasteiger partial charge in [-0.2, -0.15) is 9.30 Å². The molecule has 1 aliphatic rings. The van der Waals surface area contributed by atoms with Crippen LogP contribution in [0.3, 0.4) is 0 Å². The van der Waals surface area contributed by atoms with E-state index in [1.54, 1.807) is 10.6 Å². The largest absolute Gasteiger partial charge is 0.318 e. The Hall–Kier alpha value is -2.78. The van der Waals surface area contributed by atoms with Crippen molar-refractivity contribution in [2.75, 3.05) is 6.54 Å². The number of hydrogen-bond donors (Lipinski definition) is 0. The highest BCUT2D eigenvalue weighted by molar-refractivity contribution is 7.89. The Kier molecular flexibility index (Phi) is 5.70. The van der Waals surface area contributed by atoms with E-state index in [-0.39, 0.29) is 4.90 Å². The van der Waals surface area contributed by atoms with E-state index in [0.29, 0.717) is 34.9 Å². The molecule has 1 aliphatic heterocycles. The molecule has 1 amide bonds. The van der Waals surface area contributed by atoms with E-state index in [0.717, 1.165) is 15.8 Å². The first-order valence-electron chi connectivity index (χ1n) is 10.3. The summed E-state index contributed by atoms with van der Waals surface area (Å²) in [6.07, 6.45) is 0.682. The Bertz CT molecular complexity index is 1550. The van der Waals surface area contributed by atoms with Crippen LogP contribution in [0.2, 0.25) is 5.02 Å². The molecule has 168 valence electrons. The van der Waals surface area contributed by atoms with Gasteiger partial charge in [0, 0.05) is 25.7 Å². The van der Waals surface area contributed by atoms with Crippen molar-refractivity contribution < 1.29 is 13.2 Å². The minimum Gasteiger partial charge on any atom is -0.318 e. The molecule has 0 radical (unpaired) electrons. The third-order valence-electron chi connectivity index (χ3n) is 5.81. The number of rotatable bonds is 3. The molecule has 0 unspecified atom stereocenters. The minimum absolute atomic E-state index is 0.164. The molecule has 0 spiro atoms. The topological polar surface area (TPSA) is 71.7 Å². The van der Waals surface area contributed by atoms with Gasteiger partial charge in [-0.3, -0.25) is 4.79 Å². The van der Waals surface area contributed by atoms with Crippen LogP contribution >= 0.6 is 22.9 Å². The quantitative estimate of drug-likeness (QED) is 0.421. The zero-order valence-electron chi connectivity index (χ0n) is 17.7. The molecule has 0 atom stereocenters. The second kappa shape index (κ2) is 8.53. The molecule has 0 N–H and O–H groups in total. The molecule has 4 aromatic rings. The lowest BCUT2D eigenvalue weighted by atomic mass is 10.0. The fourth-order valence-electron chi connectivity index (χ4n) is 4.01. The Balaban J connectivity index is 1.41. The molecule has 0 saturated heterocycles. The number of carbonyl (C=O) groups excluding carboxylic acids is 1. The molecular weight excluding hydrogens is 478 g/mol. The van der Waals surface area contributed by atoms with Gasteiger partial charge in [-0.25, -0.2) is 8.42 Å². The van der Waals surface area contributed by atoms with E-state index in [4.69, 9.17) is 11.6 Å². The van der Waals surface area contributed by atoms with Gasteiger partial charge >= 0.3 is 0 Å². The molecule has 0 bridgehead atoms. The van der Waals surface area contributed by atoms with Crippen molar-refractivity contribution >= 4 is 49.1 Å². The Morgan fingerprint density at radius 2 is 1.73 bits per heavy atom. The van der Waals surface area contributed by atoms with Crippen LogP contribution in [0.25, 0.3) is 10.2 Å². The summed E-state index contributed by atoms with van der Waals surface area (Å²) in [7, 11) is -1.85. The number of nitrogens with zero attached hydrogens (tertiary/aromatic N) is 3. The molecule has 0 fully saturated rings. The van der Waals surface area contributed by atoms with Crippen molar-refractivity contribution in [1.29, 1.82) is 0 Å². The summed E-state index contributed by atoms with van der Waals surface area (Å²) in [6, 6.07) is 19.4. The van der Waals surface area contributed by atoms with Gasteiger partial charge in [0.05, 0.1) is 20.1 Å². The predicted molar refractivity (Wildman–Crippen MR) is 130 cm³/mol. The molecular formula is C24H20ClN3O3S2. The highest BCUT2D eigenvalue weighted by Gasteiger charge is 2.28. The van der Waals surface area contributed by atoms with Gasteiger partial charge in [-0.05, 0) is 53.9 Å². The summed E-state index contributed by atoms with van der Waals surface area (Å²) in [6.45, 7) is 0.778. The lowest BCUT2D eigenvalue weighted by Gasteiger charge is -2.28. The average Bonchev–Trinajstić information content (AvgIpc) is 3.15. The van der Waals surface area contributed by atoms with Crippen LogP contribution in [0.15, 0.2) is 76.6 Å². The summed E-state index contributed by atoms with van der Waals surface area (Å²) in [5, 5.41) is 0.593. The molecule has 2 heterocycles. The Labute approximate surface area is 200 Å². The van der Waals surface area contributed by atoms with Gasteiger partial charge in [-0.1, -0.05) is 53.3 Å². The third-order valence-corrected chi connectivity index (χ3v) is 9.07. The maximum Gasteiger partial charge on any atom is 0.279 e. The van der Waals surface area contributed by atoms with Crippen LogP contribution in [0.4, 0.5) is 0 Å². The molecule has 0 saturated carbocycles. The van der Waals surface area contributed by atoms with Crippen LogP contribution < -0.4 is 4.80 Å². The zero-order chi connectivity index (χ0) is 23.2. The van der Waals surface area contributed by atoms with E-state index in [1.165, 1.54) is 45.5 Å². The molecule has 3 aromatic carbocycles. The molecule has 0 aliphatic carbocycles. The number of aromatic nitrogens is 1. The fraction of sp³-hybridized carbons (Fsp3) is 0.167. The highest BCUT2D eigenvalue weighted by atomic mass is 35.5. The van der Waals surface area contributed by atoms with Crippen molar-refractivity contribution in [3.8, 4) is 0 Å². The maximum absolute atomic E-state index is 13.1. The van der Waals surface area contributed by atoms with Crippen LogP contribution in [0, 0.1) is 0 Å². The van der Waals surface area contributed by atoms with Crippen LogP contribution in [-0.2, 0) is 30.0 Å². The van der Waals surface area contributed by atoms with Crippen molar-refractivity contribution in [2.24, 2.45) is 12.0 Å². The second-order valence-corrected chi connectivity index (χ2v) is 11.2. The first-order valence-corrected chi connectivity index (χ1v) is 13.0. The van der Waals surface area contributed by atoms with Crippen LogP contribution in [-0.4, -0.2) is 29.7 Å². The number of fused-ring (bicyclic) bond motifs is 2. The van der Waals surface area contributed by atoms with Crippen LogP contribution in [0.5, 0.6) is 0 Å². The number of aryl methyl sites for hydroxylation is 1. The minimum atomic E-state index is -3.66. The van der Waals surface area contributed by atoms with E-state index in [9.17, 15) is 13.2 Å². The third kappa shape index (κ3) is 4.04. The molecule has 1 aromatic heterocycles. The average molecular weight is 498 g/mol. The lowest BCUT2D eigenvalue weighted by molar-refractivity contribution is 0.0998. The molecule has 6 nitrogen and oxygen atoms in total. The Morgan fingerprint density at radius 1 is 1.00 bits per heavy atom. The highest BCUT2D eigenvalue weighted by Crippen LogP contribution is 2.26. The van der Waals surface area contributed by atoms with E-state index < -0.39 is 15.9 Å². The summed E-state index contributed by atoms with van der Waals surface area (Å²) in [5.41, 5.74) is 3.35. The number of thiazole rings is 1. The maximum atomic E-state index is 13.1. The number of para-hydroxylation sites is 1. The summed E-state index contributed by atoms with van der Waals surface area (Å²) in [4.78, 5) is 17.7. The standard InChI is InChI=1S/C24H20ClN3O3S2/c1-27-22-20(25)7-4-8-21(22)32-24(27)26-23(29)17-9-11-19(12-10-17)33(30,31)28-14-13-16-5-2-3-6-18(16)15-28/h2-12H,13-15H2,1H3. The molecule has 33 heavy (non-hydrogen) atoms. The van der Waals surface area contributed by atoms with Crippen molar-refractivity contribution in [3.63, 3.8) is 0 Å². The SMILES string of the molecule is Cn1c(=NC(=O)c2ccc(S(=O)(=O)N3CCc4ccccc4C3)cc2)sc2cccc(Cl)c21. The van der Waals surface area contributed by atoms with Gasteiger partial charge < -0.3 is 4.57 Å². The van der Waals surface area contributed by atoms with E-state index >= 15 is 0 Å². The van der Waals surface area contributed by atoms with Crippen LogP contribution in [0.1, 0.15) is 21.5 Å². The van der Waals surface area contributed by atoms with E-state index in [2.05, 4.69) is 4.99 Å². The Morgan fingerprint density at radius 3 is 2.45 bits per heavy atom.